The third kappa shape index (κ3) is 5.57. The molecule has 3 atom stereocenters. The van der Waals surface area contributed by atoms with Gasteiger partial charge >= 0.3 is 0 Å². The van der Waals surface area contributed by atoms with Crippen LogP contribution >= 0.6 is 11.6 Å². The molecule has 2 aliphatic heterocycles. The first kappa shape index (κ1) is 27.7. The molecule has 9 nitrogen and oxygen atoms in total. The van der Waals surface area contributed by atoms with Gasteiger partial charge in [-0.1, -0.05) is 30.2 Å². The smallest absolute Gasteiger partial charge is 0.268 e. The fraction of sp³-hybridized carbons (Fsp3) is 0.407. The van der Waals surface area contributed by atoms with Gasteiger partial charge in [0.25, 0.3) is 11.8 Å². The number of primary amides is 1. The normalized spacial score (nSPS) is 23.5. The zero-order chi connectivity index (χ0) is 27.4. The molecule has 3 unspecified atom stereocenters. The first-order valence-electron chi connectivity index (χ1n) is 12.6. The lowest BCUT2D eigenvalue weighted by Gasteiger charge is -2.39. The summed E-state index contributed by atoms with van der Waals surface area (Å²) >= 11 is 5.98. The average Bonchev–Trinajstić information content (AvgIpc) is 3.33. The highest BCUT2D eigenvalue weighted by atomic mass is 35.5. The van der Waals surface area contributed by atoms with Gasteiger partial charge in [-0.3, -0.25) is 29.6 Å². The van der Waals surface area contributed by atoms with E-state index in [0.29, 0.717) is 36.4 Å². The number of anilines is 1. The number of nitrogens with one attached hydrogen (secondary N) is 3. The van der Waals surface area contributed by atoms with Gasteiger partial charge in [-0.05, 0) is 62.6 Å². The van der Waals surface area contributed by atoms with E-state index in [9.17, 15) is 18.8 Å². The number of benzene rings is 2. The molecular weight excluding hydrogens is 511 g/mol. The van der Waals surface area contributed by atoms with E-state index < -0.39 is 29.1 Å². The Bertz CT molecular complexity index is 1240. The molecule has 202 valence electrons. The molecule has 1 saturated heterocycles. The predicted molar refractivity (Wildman–Crippen MR) is 145 cm³/mol. The number of carbonyl (C=O) groups is 3. The summed E-state index contributed by atoms with van der Waals surface area (Å²) in [6.07, 6.45) is 3.47. The monoisotopic (exact) mass is 542 g/mol. The van der Waals surface area contributed by atoms with Crippen molar-refractivity contribution < 1.29 is 18.8 Å². The van der Waals surface area contributed by atoms with Crippen LogP contribution in [0.25, 0.3) is 0 Å². The van der Waals surface area contributed by atoms with Crippen LogP contribution in [0.15, 0.2) is 47.5 Å². The number of nitrogens with two attached hydrogens (primary N) is 1. The Morgan fingerprint density at radius 1 is 1.13 bits per heavy atom. The maximum absolute atomic E-state index is 13.3. The van der Waals surface area contributed by atoms with Crippen molar-refractivity contribution in [3.63, 3.8) is 0 Å². The molecule has 38 heavy (non-hydrogen) atoms. The standard InChI is InChI=1S/C27H32ClFN6O3/c1-16-4-3-5-17(2)35(16)13-12-31-25(37)23-27(26(30)38,33-15-32-23)18-6-9-20(10-7-18)34-24(36)21-11-8-19(29)14-22(21)28/h6-11,14,16-17,33H,3-5,12-13,15H2,1-2H3,(H2,30,38)(H,31,37)(H,34,36). The third-order valence-electron chi connectivity index (χ3n) is 7.30. The van der Waals surface area contributed by atoms with Crippen LogP contribution in [-0.4, -0.2) is 60.2 Å². The maximum Gasteiger partial charge on any atom is 0.268 e. The van der Waals surface area contributed by atoms with E-state index in [1.54, 1.807) is 24.3 Å². The van der Waals surface area contributed by atoms with E-state index in [0.717, 1.165) is 25.0 Å². The third-order valence-corrected chi connectivity index (χ3v) is 7.62. The summed E-state index contributed by atoms with van der Waals surface area (Å²) in [5, 5.41) is 8.55. The molecule has 0 saturated carbocycles. The van der Waals surface area contributed by atoms with E-state index in [4.69, 9.17) is 17.3 Å². The Kier molecular flexibility index (Phi) is 8.44. The summed E-state index contributed by atoms with van der Waals surface area (Å²) in [6.45, 7) is 5.55. The molecule has 2 heterocycles. The minimum atomic E-state index is -1.61. The maximum atomic E-state index is 13.3. The summed E-state index contributed by atoms with van der Waals surface area (Å²) in [6, 6.07) is 10.7. The minimum Gasteiger partial charge on any atom is -0.367 e. The quantitative estimate of drug-likeness (QED) is 0.408. The number of nitrogens with zero attached hydrogens (tertiary/aromatic N) is 2. The number of hydrogen-bond acceptors (Lipinski definition) is 6. The van der Waals surface area contributed by atoms with Gasteiger partial charge in [-0.2, -0.15) is 0 Å². The molecule has 1 fully saturated rings. The van der Waals surface area contributed by atoms with Crippen LogP contribution in [0.1, 0.15) is 49.0 Å². The van der Waals surface area contributed by atoms with Crippen LogP contribution in [0.5, 0.6) is 0 Å². The van der Waals surface area contributed by atoms with Gasteiger partial charge in [-0.15, -0.1) is 0 Å². The van der Waals surface area contributed by atoms with Crippen molar-refractivity contribution in [1.82, 2.24) is 15.5 Å². The van der Waals surface area contributed by atoms with Crippen LogP contribution in [0, 0.1) is 5.82 Å². The van der Waals surface area contributed by atoms with Gasteiger partial charge in [0.2, 0.25) is 5.91 Å². The number of piperidine rings is 1. The topological polar surface area (TPSA) is 129 Å². The second-order valence-corrected chi connectivity index (χ2v) is 10.1. The van der Waals surface area contributed by atoms with Gasteiger partial charge < -0.3 is 16.4 Å². The Morgan fingerprint density at radius 3 is 2.45 bits per heavy atom. The molecule has 11 heteroatoms. The van der Waals surface area contributed by atoms with Crippen molar-refractivity contribution in [1.29, 1.82) is 0 Å². The molecule has 0 spiro atoms. The lowest BCUT2D eigenvalue weighted by Crippen LogP contribution is -2.59. The zero-order valence-corrected chi connectivity index (χ0v) is 22.1. The molecule has 2 aromatic carbocycles. The molecule has 0 aliphatic carbocycles. The van der Waals surface area contributed by atoms with Gasteiger partial charge in [0.1, 0.15) is 11.5 Å². The second kappa shape index (κ2) is 11.6. The number of likely N-dealkylation sites (tertiary alicyclic amines) is 1. The Hall–Kier alpha value is -3.34. The first-order chi connectivity index (χ1) is 18.1. The summed E-state index contributed by atoms with van der Waals surface area (Å²) in [4.78, 5) is 45.1. The molecule has 4 rings (SSSR count). The van der Waals surface area contributed by atoms with E-state index in [1.807, 2.05) is 0 Å². The Labute approximate surface area is 226 Å². The fourth-order valence-corrected chi connectivity index (χ4v) is 5.49. The molecule has 2 aliphatic rings. The summed E-state index contributed by atoms with van der Waals surface area (Å²) in [5.41, 5.74) is 5.13. The van der Waals surface area contributed by atoms with Crippen molar-refractivity contribution >= 4 is 40.7 Å². The lowest BCUT2D eigenvalue weighted by atomic mass is 9.84. The second-order valence-electron chi connectivity index (χ2n) is 9.73. The largest absolute Gasteiger partial charge is 0.367 e. The van der Waals surface area contributed by atoms with Gasteiger partial charge in [0, 0.05) is 30.9 Å². The number of aliphatic imine (C=N–C) groups is 1. The average molecular weight is 543 g/mol. The van der Waals surface area contributed by atoms with Crippen LogP contribution < -0.4 is 21.7 Å². The van der Waals surface area contributed by atoms with E-state index in [1.165, 1.54) is 12.5 Å². The first-order valence-corrected chi connectivity index (χ1v) is 13.0. The summed E-state index contributed by atoms with van der Waals surface area (Å²) in [7, 11) is 0. The van der Waals surface area contributed by atoms with Crippen molar-refractivity contribution in [2.75, 3.05) is 25.1 Å². The van der Waals surface area contributed by atoms with Crippen LogP contribution in [0.2, 0.25) is 5.02 Å². The lowest BCUT2D eigenvalue weighted by molar-refractivity contribution is -0.123. The summed E-state index contributed by atoms with van der Waals surface area (Å²) < 4.78 is 13.3. The number of carbonyl (C=O) groups excluding carboxylic acids is 3. The number of amides is 3. The van der Waals surface area contributed by atoms with Crippen molar-refractivity contribution in [2.45, 2.75) is 50.7 Å². The van der Waals surface area contributed by atoms with E-state index in [2.05, 4.69) is 39.7 Å². The number of halogens is 2. The molecule has 3 amide bonds. The van der Waals surface area contributed by atoms with Crippen LogP contribution in [0.4, 0.5) is 10.1 Å². The highest BCUT2D eigenvalue weighted by Crippen LogP contribution is 2.29. The molecule has 0 aromatic heterocycles. The van der Waals surface area contributed by atoms with Crippen LogP contribution in [0.3, 0.4) is 0 Å². The Balaban J connectivity index is 1.46. The zero-order valence-electron chi connectivity index (χ0n) is 21.4. The van der Waals surface area contributed by atoms with Crippen LogP contribution in [-0.2, 0) is 15.1 Å². The molecular formula is C27H32ClFN6O3. The highest BCUT2D eigenvalue weighted by Gasteiger charge is 2.49. The highest BCUT2D eigenvalue weighted by molar-refractivity contribution is 6.47. The Morgan fingerprint density at radius 2 is 1.82 bits per heavy atom. The van der Waals surface area contributed by atoms with E-state index in [-0.39, 0.29) is 23.0 Å². The van der Waals surface area contributed by atoms with Crippen molar-refractivity contribution in [2.24, 2.45) is 10.7 Å². The molecule has 5 N–H and O–H groups in total. The van der Waals surface area contributed by atoms with Gasteiger partial charge in [0.05, 0.1) is 17.3 Å². The van der Waals surface area contributed by atoms with Crippen molar-refractivity contribution in [3.8, 4) is 0 Å². The van der Waals surface area contributed by atoms with Gasteiger partial charge in [0.15, 0.2) is 5.54 Å². The van der Waals surface area contributed by atoms with Gasteiger partial charge in [-0.25, -0.2) is 4.39 Å². The summed E-state index contributed by atoms with van der Waals surface area (Å²) in [5.74, 6) is -2.30. The van der Waals surface area contributed by atoms with E-state index >= 15 is 0 Å². The minimum absolute atomic E-state index is 0.000351. The molecule has 0 radical (unpaired) electrons. The SMILES string of the molecule is CC1CCCC(C)N1CCNC(=O)C1=NCNC1(C(N)=O)c1ccc(NC(=O)c2ccc(F)cc2Cl)cc1. The number of hydrogen-bond donors (Lipinski definition) is 4. The molecule has 0 bridgehead atoms. The van der Waals surface area contributed by atoms with Crippen molar-refractivity contribution in [3.05, 3.63) is 64.4 Å². The molecule has 2 aromatic rings. The predicted octanol–water partition coefficient (Wildman–Crippen LogP) is 2.79. The fourth-order valence-electron chi connectivity index (χ4n) is 5.24. The number of rotatable bonds is 8.